The molecule has 0 bridgehead atoms. The zero-order chi connectivity index (χ0) is 21.9. The van der Waals surface area contributed by atoms with Gasteiger partial charge in [0, 0.05) is 40.0 Å². The molecule has 1 saturated heterocycles. The Morgan fingerprint density at radius 3 is 2.88 bits per heavy atom. The van der Waals surface area contributed by atoms with E-state index in [1.54, 1.807) is 24.3 Å². The number of rotatable bonds is 7. The third-order valence-corrected chi connectivity index (χ3v) is 6.64. The number of nitrogens with zero attached hydrogens (tertiary/aromatic N) is 3. The normalized spacial score (nSPS) is 16.0. The Bertz CT molecular complexity index is 1230. The standard InChI is InChI=1S/C23H22ClN5O2S/c24-15-7-9-16(10-8-15)26-21(30)14-32-23-28-27-22(29(23)13-17-4-3-11-31-17)19-12-25-20-6-2-1-5-18(19)20/h1-2,5-10,12,17,25H,3-4,11,13-14H2,(H,26,30). The van der Waals surface area contributed by atoms with Gasteiger partial charge in [0.05, 0.1) is 18.4 Å². The summed E-state index contributed by atoms with van der Waals surface area (Å²) in [6.45, 7) is 1.43. The molecule has 2 aromatic heterocycles. The molecule has 1 aliphatic rings. The number of hydrogen-bond donors (Lipinski definition) is 2. The molecule has 5 rings (SSSR count). The number of carbonyl (C=O) groups excluding carboxylic acids is 1. The summed E-state index contributed by atoms with van der Waals surface area (Å²) in [4.78, 5) is 15.8. The summed E-state index contributed by atoms with van der Waals surface area (Å²) in [5.41, 5.74) is 2.74. The second-order valence-electron chi connectivity index (χ2n) is 7.64. The molecular formula is C23H22ClN5O2S. The molecule has 32 heavy (non-hydrogen) atoms. The van der Waals surface area contributed by atoms with E-state index in [9.17, 15) is 4.79 Å². The van der Waals surface area contributed by atoms with E-state index in [1.807, 2.05) is 24.4 Å². The lowest BCUT2D eigenvalue weighted by molar-refractivity contribution is -0.113. The summed E-state index contributed by atoms with van der Waals surface area (Å²) in [7, 11) is 0. The van der Waals surface area contributed by atoms with E-state index in [-0.39, 0.29) is 17.8 Å². The number of halogens is 1. The highest BCUT2D eigenvalue weighted by molar-refractivity contribution is 7.99. The minimum Gasteiger partial charge on any atom is -0.376 e. The molecule has 0 radical (unpaired) electrons. The lowest BCUT2D eigenvalue weighted by Crippen LogP contribution is -2.18. The average Bonchev–Trinajstić information content (AvgIpc) is 3.54. The molecular weight excluding hydrogens is 446 g/mol. The van der Waals surface area contributed by atoms with E-state index in [2.05, 4.69) is 31.1 Å². The van der Waals surface area contributed by atoms with Gasteiger partial charge in [-0.05, 0) is 43.2 Å². The molecule has 9 heteroatoms. The fourth-order valence-electron chi connectivity index (χ4n) is 3.87. The number of amides is 1. The Morgan fingerprint density at radius 1 is 1.22 bits per heavy atom. The Morgan fingerprint density at radius 2 is 2.06 bits per heavy atom. The van der Waals surface area contributed by atoms with Crippen LogP contribution in [0.15, 0.2) is 59.9 Å². The van der Waals surface area contributed by atoms with Crippen molar-refractivity contribution in [1.82, 2.24) is 19.7 Å². The van der Waals surface area contributed by atoms with Gasteiger partial charge in [-0.1, -0.05) is 41.6 Å². The van der Waals surface area contributed by atoms with Crippen LogP contribution in [0.2, 0.25) is 5.02 Å². The fourth-order valence-corrected chi connectivity index (χ4v) is 4.74. The van der Waals surface area contributed by atoms with E-state index in [1.165, 1.54) is 11.8 Å². The van der Waals surface area contributed by atoms with Gasteiger partial charge in [0.15, 0.2) is 11.0 Å². The van der Waals surface area contributed by atoms with E-state index >= 15 is 0 Å². The lowest BCUT2D eigenvalue weighted by Gasteiger charge is -2.14. The number of para-hydroxylation sites is 1. The molecule has 0 spiro atoms. The number of nitrogens with one attached hydrogen (secondary N) is 2. The van der Waals surface area contributed by atoms with Gasteiger partial charge in [0.25, 0.3) is 0 Å². The second-order valence-corrected chi connectivity index (χ2v) is 9.02. The van der Waals surface area contributed by atoms with Gasteiger partial charge in [-0.3, -0.25) is 9.36 Å². The zero-order valence-electron chi connectivity index (χ0n) is 17.3. The highest BCUT2D eigenvalue weighted by Crippen LogP contribution is 2.31. The quantitative estimate of drug-likeness (QED) is 0.374. The number of hydrogen-bond acceptors (Lipinski definition) is 5. The highest BCUT2D eigenvalue weighted by Gasteiger charge is 2.23. The van der Waals surface area contributed by atoms with E-state index in [0.29, 0.717) is 22.4 Å². The number of thioether (sulfide) groups is 1. The van der Waals surface area contributed by atoms with Crippen LogP contribution >= 0.6 is 23.4 Å². The van der Waals surface area contributed by atoms with Crippen LogP contribution in [0.4, 0.5) is 5.69 Å². The summed E-state index contributed by atoms with van der Waals surface area (Å²) in [5.74, 6) is 0.886. The fraction of sp³-hybridized carbons (Fsp3) is 0.261. The van der Waals surface area contributed by atoms with Crippen molar-refractivity contribution in [3.8, 4) is 11.4 Å². The van der Waals surface area contributed by atoms with Gasteiger partial charge >= 0.3 is 0 Å². The molecule has 2 aromatic carbocycles. The Balaban J connectivity index is 1.38. The maximum atomic E-state index is 12.5. The monoisotopic (exact) mass is 467 g/mol. The van der Waals surface area contributed by atoms with Gasteiger partial charge in [-0.2, -0.15) is 0 Å². The van der Waals surface area contributed by atoms with Gasteiger partial charge in [0.2, 0.25) is 5.91 Å². The molecule has 1 atom stereocenters. The Kier molecular flexibility index (Phi) is 6.16. The number of fused-ring (bicyclic) bond motifs is 1. The molecule has 4 aromatic rings. The molecule has 1 fully saturated rings. The largest absolute Gasteiger partial charge is 0.376 e. The van der Waals surface area contributed by atoms with Crippen molar-refractivity contribution in [2.24, 2.45) is 0 Å². The van der Waals surface area contributed by atoms with E-state index in [4.69, 9.17) is 16.3 Å². The van der Waals surface area contributed by atoms with Crippen molar-refractivity contribution in [2.75, 3.05) is 17.7 Å². The molecule has 3 heterocycles. The van der Waals surface area contributed by atoms with Gasteiger partial charge in [-0.25, -0.2) is 0 Å². The van der Waals surface area contributed by atoms with Crippen LogP contribution in [0.1, 0.15) is 12.8 Å². The Hall–Kier alpha value is -2.81. The Labute approximate surface area is 194 Å². The number of carbonyl (C=O) groups is 1. The SMILES string of the molecule is O=C(CSc1nnc(-c2c[nH]c3ccccc23)n1CC1CCCO1)Nc1ccc(Cl)cc1. The topological polar surface area (TPSA) is 84.8 Å². The van der Waals surface area contributed by atoms with Crippen molar-refractivity contribution in [3.05, 3.63) is 59.8 Å². The van der Waals surface area contributed by atoms with Crippen molar-refractivity contribution in [2.45, 2.75) is 30.6 Å². The number of ether oxygens (including phenoxy) is 1. The van der Waals surface area contributed by atoms with Crippen LogP contribution in [0.5, 0.6) is 0 Å². The average molecular weight is 468 g/mol. The first-order chi connectivity index (χ1) is 15.7. The first-order valence-corrected chi connectivity index (χ1v) is 11.8. The van der Waals surface area contributed by atoms with E-state index in [0.717, 1.165) is 41.7 Å². The first-order valence-electron chi connectivity index (χ1n) is 10.5. The third kappa shape index (κ3) is 4.53. The molecule has 1 unspecified atom stereocenters. The zero-order valence-corrected chi connectivity index (χ0v) is 18.8. The first kappa shape index (κ1) is 21.1. The van der Waals surface area contributed by atoms with Gasteiger partial charge < -0.3 is 15.0 Å². The predicted molar refractivity (Wildman–Crippen MR) is 127 cm³/mol. The number of benzene rings is 2. The number of aromatic nitrogens is 4. The van der Waals surface area contributed by atoms with Crippen LogP contribution in [-0.4, -0.2) is 44.1 Å². The molecule has 0 aliphatic carbocycles. The maximum absolute atomic E-state index is 12.5. The molecule has 2 N–H and O–H groups in total. The maximum Gasteiger partial charge on any atom is 0.234 e. The van der Waals surface area contributed by atoms with Crippen LogP contribution < -0.4 is 5.32 Å². The minimum absolute atomic E-state index is 0.113. The molecule has 1 aliphatic heterocycles. The van der Waals surface area contributed by atoms with Gasteiger partial charge in [0.1, 0.15) is 0 Å². The van der Waals surface area contributed by atoms with Crippen molar-refractivity contribution in [1.29, 1.82) is 0 Å². The number of H-pyrrole nitrogens is 1. The smallest absolute Gasteiger partial charge is 0.234 e. The summed E-state index contributed by atoms with van der Waals surface area (Å²) < 4.78 is 7.95. The molecule has 164 valence electrons. The van der Waals surface area contributed by atoms with Crippen molar-refractivity contribution < 1.29 is 9.53 Å². The van der Waals surface area contributed by atoms with Crippen LogP contribution in [-0.2, 0) is 16.1 Å². The van der Waals surface area contributed by atoms with Crippen LogP contribution in [0, 0.1) is 0 Å². The summed E-state index contributed by atoms with van der Waals surface area (Å²) in [5, 5.41) is 14.2. The van der Waals surface area contributed by atoms with Crippen LogP contribution in [0.25, 0.3) is 22.3 Å². The van der Waals surface area contributed by atoms with Crippen molar-refractivity contribution in [3.63, 3.8) is 0 Å². The van der Waals surface area contributed by atoms with E-state index < -0.39 is 0 Å². The number of aromatic amines is 1. The summed E-state index contributed by atoms with van der Waals surface area (Å²) in [6, 6.07) is 15.2. The summed E-state index contributed by atoms with van der Waals surface area (Å²) in [6.07, 6.45) is 4.15. The highest BCUT2D eigenvalue weighted by atomic mass is 35.5. The molecule has 0 saturated carbocycles. The third-order valence-electron chi connectivity index (χ3n) is 5.42. The second kappa shape index (κ2) is 9.36. The van der Waals surface area contributed by atoms with Crippen molar-refractivity contribution >= 4 is 45.9 Å². The minimum atomic E-state index is -0.113. The lowest BCUT2D eigenvalue weighted by atomic mass is 10.1. The summed E-state index contributed by atoms with van der Waals surface area (Å²) >= 11 is 7.28. The van der Waals surface area contributed by atoms with Crippen LogP contribution in [0.3, 0.4) is 0 Å². The van der Waals surface area contributed by atoms with Gasteiger partial charge in [-0.15, -0.1) is 10.2 Å². The number of anilines is 1. The molecule has 7 nitrogen and oxygen atoms in total. The molecule has 1 amide bonds. The predicted octanol–water partition coefficient (Wildman–Crippen LogP) is 4.99.